The maximum Gasteiger partial charge on any atom is 0.225 e. The average molecular weight is 236 g/mol. The first-order chi connectivity index (χ1) is 7.97. The number of nitrogens with one attached hydrogen (secondary N) is 2. The van der Waals surface area contributed by atoms with E-state index in [-0.39, 0.29) is 0 Å². The van der Waals surface area contributed by atoms with E-state index >= 15 is 0 Å². The van der Waals surface area contributed by atoms with E-state index in [1.165, 1.54) is 0 Å². The lowest BCUT2D eigenvalue weighted by molar-refractivity contribution is 0.606. The minimum absolute atomic E-state index is 0.348. The highest BCUT2D eigenvalue weighted by Crippen LogP contribution is 2.11. The summed E-state index contributed by atoms with van der Waals surface area (Å²) in [5, 5.41) is 6.56. The van der Waals surface area contributed by atoms with Gasteiger partial charge in [-0.25, -0.2) is 4.98 Å². The zero-order valence-corrected chi connectivity index (χ0v) is 11.5. The third-order valence-electron chi connectivity index (χ3n) is 2.30. The summed E-state index contributed by atoms with van der Waals surface area (Å²) in [5.41, 5.74) is 0.982. The fourth-order valence-electron chi connectivity index (χ4n) is 1.47. The number of hydrogen-bond acceptors (Lipinski definition) is 4. The van der Waals surface area contributed by atoms with Crippen molar-refractivity contribution < 1.29 is 0 Å². The minimum atomic E-state index is 0.348. The van der Waals surface area contributed by atoms with Crippen LogP contribution in [-0.4, -0.2) is 22.6 Å². The number of anilines is 2. The maximum absolute atomic E-state index is 4.44. The second-order valence-electron chi connectivity index (χ2n) is 5.13. The van der Waals surface area contributed by atoms with Crippen LogP contribution in [-0.2, 0) is 0 Å². The van der Waals surface area contributed by atoms with E-state index in [0.717, 1.165) is 24.5 Å². The number of rotatable bonds is 6. The second-order valence-corrected chi connectivity index (χ2v) is 5.13. The molecule has 0 aromatic carbocycles. The highest BCUT2D eigenvalue weighted by Gasteiger charge is 2.03. The van der Waals surface area contributed by atoms with Crippen molar-refractivity contribution in [3.05, 3.63) is 11.8 Å². The van der Waals surface area contributed by atoms with Crippen LogP contribution in [0.3, 0.4) is 0 Å². The Morgan fingerprint density at radius 1 is 1.18 bits per heavy atom. The van der Waals surface area contributed by atoms with Crippen LogP contribution in [0.25, 0.3) is 0 Å². The van der Waals surface area contributed by atoms with Gasteiger partial charge < -0.3 is 10.6 Å². The molecular weight excluding hydrogens is 212 g/mol. The monoisotopic (exact) mass is 236 g/mol. The van der Waals surface area contributed by atoms with Crippen molar-refractivity contribution in [3.63, 3.8) is 0 Å². The summed E-state index contributed by atoms with van der Waals surface area (Å²) in [7, 11) is 0. The zero-order valence-electron chi connectivity index (χ0n) is 11.5. The third-order valence-corrected chi connectivity index (χ3v) is 2.30. The molecule has 0 amide bonds. The van der Waals surface area contributed by atoms with E-state index in [4.69, 9.17) is 0 Å². The minimum Gasteiger partial charge on any atom is -0.370 e. The molecule has 0 aliphatic carbocycles. The molecule has 96 valence electrons. The van der Waals surface area contributed by atoms with Crippen molar-refractivity contribution in [2.75, 3.05) is 17.2 Å². The van der Waals surface area contributed by atoms with Crippen molar-refractivity contribution in [3.8, 4) is 0 Å². The van der Waals surface area contributed by atoms with E-state index in [2.05, 4.69) is 48.3 Å². The van der Waals surface area contributed by atoms with Crippen LogP contribution >= 0.6 is 0 Å². The van der Waals surface area contributed by atoms with Gasteiger partial charge in [-0.1, -0.05) is 13.8 Å². The van der Waals surface area contributed by atoms with Crippen molar-refractivity contribution in [1.82, 2.24) is 9.97 Å². The Morgan fingerprint density at radius 3 is 2.47 bits per heavy atom. The van der Waals surface area contributed by atoms with Crippen LogP contribution in [0.4, 0.5) is 11.8 Å². The van der Waals surface area contributed by atoms with Crippen LogP contribution in [0.15, 0.2) is 6.07 Å². The fourth-order valence-corrected chi connectivity index (χ4v) is 1.47. The molecule has 0 radical (unpaired) electrons. The smallest absolute Gasteiger partial charge is 0.225 e. The average Bonchev–Trinajstić information content (AvgIpc) is 2.14. The summed E-state index contributed by atoms with van der Waals surface area (Å²) in [4.78, 5) is 8.79. The van der Waals surface area contributed by atoms with Gasteiger partial charge in [-0.3, -0.25) is 0 Å². The molecule has 0 aliphatic rings. The molecular formula is C13H24N4. The first-order valence-electron chi connectivity index (χ1n) is 6.33. The largest absolute Gasteiger partial charge is 0.370 e. The van der Waals surface area contributed by atoms with Crippen LogP contribution in [0.1, 0.15) is 39.8 Å². The SMILES string of the molecule is Cc1cc(NCCC(C)C)nc(NC(C)C)n1. The van der Waals surface area contributed by atoms with Crippen LogP contribution in [0, 0.1) is 12.8 Å². The Labute approximate surface area is 104 Å². The van der Waals surface area contributed by atoms with Crippen LogP contribution < -0.4 is 10.6 Å². The molecule has 0 saturated carbocycles. The molecule has 0 unspecified atom stereocenters. The first kappa shape index (κ1) is 13.7. The van der Waals surface area contributed by atoms with Gasteiger partial charge >= 0.3 is 0 Å². The lowest BCUT2D eigenvalue weighted by Gasteiger charge is -2.12. The van der Waals surface area contributed by atoms with Gasteiger partial charge in [0.1, 0.15) is 5.82 Å². The molecule has 0 spiro atoms. The molecule has 17 heavy (non-hydrogen) atoms. The normalized spacial score (nSPS) is 11.0. The summed E-state index contributed by atoms with van der Waals surface area (Å²) in [6, 6.07) is 2.33. The van der Waals surface area contributed by atoms with Gasteiger partial charge in [0.05, 0.1) is 0 Å². The Balaban J connectivity index is 2.62. The molecule has 0 saturated heterocycles. The maximum atomic E-state index is 4.44. The summed E-state index contributed by atoms with van der Waals surface area (Å²) in [6.07, 6.45) is 1.15. The molecule has 0 bridgehead atoms. The molecule has 0 aliphatic heterocycles. The van der Waals surface area contributed by atoms with Crippen molar-refractivity contribution in [1.29, 1.82) is 0 Å². The van der Waals surface area contributed by atoms with Gasteiger partial charge in [-0.15, -0.1) is 0 Å². The molecule has 4 heteroatoms. The zero-order chi connectivity index (χ0) is 12.8. The van der Waals surface area contributed by atoms with Gasteiger partial charge in [0.2, 0.25) is 5.95 Å². The molecule has 1 heterocycles. The fraction of sp³-hybridized carbons (Fsp3) is 0.692. The molecule has 4 nitrogen and oxygen atoms in total. The van der Waals surface area contributed by atoms with Crippen molar-refractivity contribution in [2.24, 2.45) is 5.92 Å². The number of aromatic nitrogens is 2. The van der Waals surface area contributed by atoms with Gasteiger partial charge in [-0.05, 0) is 33.1 Å². The molecule has 2 N–H and O–H groups in total. The van der Waals surface area contributed by atoms with Crippen LogP contribution in [0.2, 0.25) is 0 Å². The number of aryl methyl sites for hydroxylation is 1. The van der Waals surface area contributed by atoms with Crippen molar-refractivity contribution in [2.45, 2.75) is 47.1 Å². The number of nitrogens with zero attached hydrogens (tertiary/aromatic N) is 2. The van der Waals surface area contributed by atoms with Crippen molar-refractivity contribution >= 4 is 11.8 Å². The van der Waals surface area contributed by atoms with Crippen LogP contribution in [0.5, 0.6) is 0 Å². The van der Waals surface area contributed by atoms with Gasteiger partial charge in [0.25, 0.3) is 0 Å². The molecule has 0 fully saturated rings. The van der Waals surface area contributed by atoms with E-state index < -0.39 is 0 Å². The predicted octanol–water partition coefficient (Wildman–Crippen LogP) is 3.06. The molecule has 1 aromatic heterocycles. The summed E-state index contributed by atoms with van der Waals surface area (Å²) >= 11 is 0. The Morgan fingerprint density at radius 2 is 1.88 bits per heavy atom. The lowest BCUT2D eigenvalue weighted by Crippen LogP contribution is -2.14. The molecule has 1 rings (SSSR count). The van der Waals surface area contributed by atoms with Gasteiger partial charge in [0.15, 0.2) is 0 Å². The van der Waals surface area contributed by atoms with Gasteiger partial charge in [0, 0.05) is 24.3 Å². The third kappa shape index (κ3) is 5.52. The second kappa shape index (κ2) is 6.42. The summed E-state index contributed by atoms with van der Waals surface area (Å²) in [6.45, 7) is 11.5. The summed E-state index contributed by atoms with van der Waals surface area (Å²) < 4.78 is 0. The van der Waals surface area contributed by atoms with E-state index in [0.29, 0.717) is 17.9 Å². The highest BCUT2D eigenvalue weighted by molar-refractivity contribution is 5.42. The lowest BCUT2D eigenvalue weighted by atomic mass is 10.1. The Kier molecular flexibility index (Phi) is 5.19. The highest BCUT2D eigenvalue weighted by atomic mass is 15.1. The standard InChI is InChI=1S/C13H24N4/c1-9(2)6-7-14-12-8-11(5)16-13(17-12)15-10(3)4/h8-10H,6-7H2,1-5H3,(H2,14,15,16,17). The van der Waals surface area contributed by atoms with E-state index in [1.54, 1.807) is 0 Å². The molecule has 1 aromatic rings. The first-order valence-corrected chi connectivity index (χ1v) is 6.33. The number of hydrogen-bond donors (Lipinski definition) is 2. The van der Waals surface area contributed by atoms with E-state index in [9.17, 15) is 0 Å². The Hall–Kier alpha value is -1.32. The molecule has 0 atom stereocenters. The summed E-state index contributed by atoms with van der Waals surface area (Å²) in [5.74, 6) is 2.31. The quantitative estimate of drug-likeness (QED) is 0.797. The van der Waals surface area contributed by atoms with Gasteiger partial charge in [-0.2, -0.15) is 4.98 Å². The Bertz CT molecular complexity index is 347. The predicted molar refractivity (Wildman–Crippen MR) is 73.5 cm³/mol. The van der Waals surface area contributed by atoms with E-state index in [1.807, 2.05) is 13.0 Å². The topological polar surface area (TPSA) is 49.8 Å².